The molecule has 0 bridgehead atoms. The minimum Gasteiger partial charge on any atom is -0.481 e. The van der Waals surface area contributed by atoms with E-state index in [1.807, 2.05) is 0 Å². The minimum atomic E-state index is -0.900. The second-order valence-corrected chi connectivity index (χ2v) is 7.91. The van der Waals surface area contributed by atoms with E-state index in [4.69, 9.17) is 9.84 Å². The van der Waals surface area contributed by atoms with Crippen LogP contribution >= 0.6 is 0 Å². The standard InChI is InChI=1S/C19H30N2O5/c22-17(23)11-16-12-21(9-10-26-16)19(25)14-5-7-15(8-6-14)20-18(24)13-3-1-2-4-13/h13-16H,1-12H2,(H,20,24)(H,22,23). The summed E-state index contributed by atoms with van der Waals surface area (Å²) in [6, 6.07) is 0.191. The van der Waals surface area contributed by atoms with Crippen molar-refractivity contribution in [2.45, 2.75) is 69.9 Å². The normalized spacial score (nSPS) is 30.2. The van der Waals surface area contributed by atoms with Crippen LogP contribution in [-0.2, 0) is 19.1 Å². The van der Waals surface area contributed by atoms with Gasteiger partial charge in [-0.3, -0.25) is 14.4 Å². The number of carboxylic acids is 1. The van der Waals surface area contributed by atoms with Crippen LogP contribution in [-0.4, -0.2) is 59.6 Å². The molecule has 2 N–H and O–H groups in total. The van der Waals surface area contributed by atoms with Gasteiger partial charge in [0.15, 0.2) is 0 Å². The highest BCUT2D eigenvalue weighted by molar-refractivity contribution is 5.80. The van der Waals surface area contributed by atoms with Crippen molar-refractivity contribution in [3.8, 4) is 0 Å². The van der Waals surface area contributed by atoms with Crippen LogP contribution in [0.25, 0.3) is 0 Å². The average Bonchev–Trinajstić information content (AvgIpc) is 3.16. The van der Waals surface area contributed by atoms with Crippen LogP contribution in [0.1, 0.15) is 57.8 Å². The van der Waals surface area contributed by atoms with Crippen LogP contribution in [0.4, 0.5) is 0 Å². The zero-order valence-electron chi connectivity index (χ0n) is 15.3. The number of hydrogen-bond donors (Lipinski definition) is 2. The summed E-state index contributed by atoms with van der Waals surface area (Å²) in [4.78, 5) is 37.6. The van der Waals surface area contributed by atoms with Gasteiger partial charge < -0.3 is 20.1 Å². The number of nitrogens with one attached hydrogen (secondary N) is 1. The van der Waals surface area contributed by atoms with Gasteiger partial charge in [0.25, 0.3) is 0 Å². The summed E-state index contributed by atoms with van der Waals surface area (Å²) in [5, 5.41) is 12.1. The van der Waals surface area contributed by atoms with Gasteiger partial charge in [-0.25, -0.2) is 0 Å². The van der Waals surface area contributed by atoms with Crippen LogP contribution in [0, 0.1) is 11.8 Å². The van der Waals surface area contributed by atoms with Crippen molar-refractivity contribution in [2.24, 2.45) is 11.8 Å². The molecule has 7 heteroatoms. The van der Waals surface area contributed by atoms with E-state index in [1.54, 1.807) is 4.90 Å². The van der Waals surface area contributed by atoms with Gasteiger partial charge in [-0.05, 0) is 38.5 Å². The summed E-state index contributed by atoms with van der Waals surface area (Å²) in [7, 11) is 0. The Hall–Kier alpha value is -1.63. The molecule has 2 aliphatic carbocycles. The fourth-order valence-electron chi connectivity index (χ4n) is 4.49. The summed E-state index contributed by atoms with van der Waals surface area (Å²) in [6.45, 7) is 1.30. The fourth-order valence-corrected chi connectivity index (χ4v) is 4.49. The van der Waals surface area contributed by atoms with Gasteiger partial charge in [-0.1, -0.05) is 12.8 Å². The number of carbonyl (C=O) groups excluding carboxylic acids is 2. The van der Waals surface area contributed by atoms with Gasteiger partial charge in [-0.15, -0.1) is 0 Å². The van der Waals surface area contributed by atoms with E-state index < -0.39 is 12.1 Å². The van der Waals surface area contributed by atoms with E-state index in [0.29, 0.717) is 19.7 Å². The number of carbonyl (C=O) groups is 3. The molecule has 1 atom stereocenters. The Morgan fingerprint density at radius 2 is 1.69 bits per heavy atom. The summed E-state index contributed by atoms with van der Waals surface area (Å²) >= 11 is 0. The van der Waals surface area contributed by atoms with Gasteiger partial charge >= 0.3 is 5.97 Å². The molecular formula is C19H30N2O5. The van der Waals surface area contributed by atoms with Crippen LogP contribution in [0.5, 0.6) is 0 Å². The number of morpholine rings is 1. The largest absolute Gasteiger partial charge is 0.481 e. The van der Waals surface area contributed by atoms with Crippen molar-refractivity contribution in [3.05, 3.63) is 0 Å². The molecule has 3 aliphatic rings. The van der Waals surface area contributed by atoms with Gasteiger partial charge in [0.05, 0.1) is 19.1 Å². The lowest BCUT2D eigenvalue weighted by Gasteiger charge is -2.36. The molecule has 1 aliphatic heterocycles. The molecule has 3 fully saturated rings. The van der Waals surface area contributed by atoms with E-state index in [-0.39, 0.29) is 36.1 Å². The third-order valence-corrected chi connectivity index (χ3v) is 6.00. The molecule has 2 amide bonds. The molecule has 1 unspecified atom stereocenters. The Balaban J connectivity index is 1.43. The summed E-state index contributed by atoms with van der Waals surface area (Å²) in [6.07, 6.45) is 7.11. The van der Waals surface area contributed by atoms with Gasteiger partial charge in [0.1, 0.15) is 0 Å². The van der Waals surface area contributed by atoms with Crippen molar-refractivity contribution in [1.82, 2.24) is 10.2 Å². The monoisotopic (exact) mass is 366 g/mol. The molecule has 3 rings (SSSR count). The highest BCUT2D eigenvalue weighted by atomic mass is 16.5. The fraction of sp³-hybridized carbons (Fsp3) is 0.842. The van der Waals surface area contributed by atoms with Gasteiger partial charge in [0.2, 0.25) is 11.8 Å². The number of nitrogens with zero attached hydrogens (tertiary/aromatic N) is 1. The Labute approximate surface area is 154 Å². The molecule has 7 nitrogen and oxygen atoms in total. The van der Waals surface area contributed by atoms with Gasteiger partial charge in [-0.2, -0.15) is 0 Å². The predicted octanol–water partition coefficient (Wildman–Crippen LogP) is 1.55. The molecule has 1 heterocycles. The van der Waals surface area contributed by atoms with Crippen LogP contribution in [0.15, 0.2) is 0 Å². The number of rotatable bonds is 5. The first kappa shape index (κ1) is 19.1. The summed E-state index contributed by atoms with van der Waals surface area (Å²) < 4.78 is 5.44. The molecule has 2 saturated carbocycles. The molecule has 0 aromatic rings. The van der Waals surface area contributed by atoms with Crippen molar-refractivity contribution < 1.29 is 24.2 Å². The van der Waals surface area contributed by atoms with Crippen LogP contribution < -0.4 is 5.32 Å². The first-order chi connectivity index (χ1) is 12.5. The second kappa shape index (κ2) is 8.84. The van der Waals surface area contributed by atoms with E-state index in [0.717, 1.165) is 51.4 Å². The van der Waals surface area contributed by atoms with Crippen molar-refractivity contribution in [3.63, 3.8) is 0 Å². The minimum absolute atomic E-state index is 0.0155. The zero-order valence-corrected chi connectivity index (χ0v) is 15.3. The number of hydrogen-bond acceptors (Lipinski definition) is 4. The lowest BCUT2D eigenvalue weighted by molar-refractivity contribution is -0.150. The molecule has 146 valence electrons. The maximum atomic E-state index is 12.8. The molecule has 0 aromatic heterocycles. The number of ether oxygens (including phenoxy) is 1. The number of carboxylic acid groups (broad SMARTS) is 1. The topological polar surface area (TPSA) is 95.9 Å². The molecular weight excluding hydrogens is 336 g/mol. The Morgan fingerprint density at radius 1 is 1.00 bits per heavy atom. The quantitative estimate of drug-likeness (QED) is 0.770. The van der Waals surface area contributed by atoms with Crippen LogP contribution in [0.2, 0.25) is 0 Å². The molecule has 0 spiro atoms. The lowest BCUT2D eigenvalue weighted by atomic mass is 9.84. The molecule has 26 heavy (non-hydrogen) atoms. The third kappa shape index (κ3) is 4.96. The van der Waals surface area contributed by atoms with E-state index in [2.05, 4.69) is 5.32 Å². The van der Waals surface area contributed by atoms with Gasteiger partial charge in [0, 0.05) is 31.0 Å². The van der Waals surface area contributed by atoms with Crippen molar-refractivity contribution in [2.75, 3.05) is 19.7 Å². The van der Waals surface area contributed by atoms with E-state index in [1.165, 1.54) is 0 Å². The van der Waals surface area contributed by atoms with E-state index >= 15 is 0 Å². The Kier molecular flexibility index (Phi) is 6.51. The first-order valence-electron chi connectivity index (χ1n) is 9.95. The first-order valence-corrected chi connectivity index (χ1v) is 9.95. The summed E-state index contributed by atoms with van der Waals surface area (Å²) in [5.74, 6) is -0.416. The summed E-state index contributed by atoms with van der Waals surface area (Å²) in [5.41, 5.74) is 0. The SMILES string of the molecule is O=C(O)CC1CN(C(=O)C2CCC(NC(=O)C3CCCC3)CC2)CCO1. The predicted molar refractivity (Wildman–Crippen MR) is 94.4 cm³/mol. The maximum absolute atomic E-state index is 12.8. The highest BCUT2D eigenvalue weighted by Crippen LogP contribution is 2.29. The number of amides is 2. The van der Waals surface area contributed by atoms with Crippen molar-refractivity contribution >= 4 is 17.8 Å². The number of aliphatic carboxylic acids is 1. The second-order valence-electron chi connectivity index (χ2n) is 7.91. The average molecular weight is 366 g/mol. The highest BCUT2D eigenvalue weighted by Gasteiger charge is 2.34. The molecule has 0 aromatic carbocycles. The van der Waals surface area contributed by atoms with E-state index in [9.17, 15) is 14.4 Å². The van der Waals surface area contributed by atoms with Crippen LogP contribution in [0.3, 0.4) is 0 Å². The smallest absolute Gasteiger partial charge is 0.306 e. The molecule has 1 saturated heterocycles. The van der Waals surface area contributed by atoms with Crippen molar-refractivity contribution in [1.29, 1.82) is 0 Å². The molecule has 0 radical (unpaired) electrons. The third-order valence-electron chi connectivity index (χ3n) is 6.00. The lowest BCUT2D eigenvalue weighted by Crippen LogP contribution is -2.49. The maximum Gasteiger partial charge on any atom is 0.306 e. The zero-order chi connectivity index (χ0) is 18.5. The Bertz CT molecular complexity index is 524. The Morgan fingerprint density at radius 3 is 2.35 bits per heavy atom.